The second-order valence-electron chi connectivity index (χ2n) is 11.5. The number of pyridine rings is 2. The first kappa shape index (κ1) is 29.5. The molecule has 0 N–H and O–H groups in total. The summed E-state index contributed by atoms with van der Waals surface area (Å²) in [7, 11) is 0. The topological polar surface area (TPSA) is 25.8 Å². The van der Waals surface area contributed by atoms with E-state index in [4.69, 9.17) is 9.97 Å². The predicted molar refractivity (Wildman–Crippen MR) is 183 cm³/mol. The summed E-state index contributed by atoms with van der Waals surface area (Å²) in [6.07, 6.45) is 25.2. The number of rotatable bonds is 14. The minimum Gasteiger partial charge on any atom is -0.256 e. The van der Waals surface area contributed by atoms with Gasteiger partial charge in [-0.3, -0.25) is 9.97 Å². The number of aryl methyl sites for hydroxylation is 2. The van der Waals surface area contributed by atoms with Crippen LogP contribution in [0.1, 0.15) is 98.9 Å². The van der Waals surface area contributed by atoms with Gasteiger partial charge in [0.1, 0.15) is 0 Å². The molecule has 3 aromatic carbocycles. The van der Waals surface area contributed by atoms with Gasteiger partial charge in [-0.15, -0.1) is 0 Å². The summed E-state index contributed by atoms with van der Waals surface area (Å²) < 4.78 is 0. The third kappa shape index (κ3) is 8.49. The number of fused-ring (bicyclic) bond motifs is 2. The van der Waals surface area contributed by atoms with Crippen molar-refractivity contribution in [3.63, 3.8) is 0 Å². The Hall–Kier alpha value is -4.04. The molecule has 2 nitrogen and oxygen atoms in total. The summed E-state index contributed by atoms with van der Waals surface area (Å²) in [6, 6.07) is 26.6. The molecule has 0 amide bonds. The summed E-state index contributed by atoms with van der Waals surface area (Å²) in [5.74, 6) is 0. The van der Waals surface area contributed by atoms with Crippen LogP contribution < -0.4 is 0 Å². The second kappa shape index (κ2) is 15.3. The van der Waals surface area contributed by atoms with Crippen LogP contribution in [0.15, 0.2) is 85.2 Å². The summed E-state index contributed by atoms with van der Waals surface area (Å²) >= 11 is 0. The molecule has 0 spiro atoms. The fraction of sp³-hybridized carbons (Fsp3) is 0.300. The lowest BCUT2D eigenvalue weighted by Gasteiger charge is -2.05. The normalized spacial score (nSPS) is 11.9. The van der Waals surface area contributed by atoms with E-state index in [0.29, 0.717) is 0 Å². The maximum atomic E-state index is 4.72. The summed E-state index contributed by atoms with van der Waals surface area (Å²) in [5.41, 5.74) is 7.18. The van der Waals surface area contributed by atoms with Gasteiger partial charge < -0.3 is 0 Å². The van der Waals surface area contributed by atoms with Crippen LogP contribution >= 0.6 is 0 Å². The van der Waals surface area contributed by atoms with Crippen LogP contribution in [-0.4, -0.2) is 9.97 Å². The summed E-state index contributed by atoms with van der Waals surface area (Å²) in [5, 5.41) is 4.64. The van der Waals surface area contributed by atoms with E-state index in [0.717, 1.165) is 22.2 Å². The highest BCUT2D eigenvalue weighted by molar-refractivity contribution is 5.98. The van der Waals surface area contributed by atoms with E-state index in [1.165, 1.54) is 97.2 Å². The quantitative estimate of drug-likeness (QED) is 0.101. The largest absolute Gasteiger partial charge is 0.256 e. The van der Waals surface area contributed by atoms with Gasteiger partial charge in [0.25, 0.3) is 0 Å². The summed E-state index contributed by atoms with van der Waals surface area (Å²) in [6.45, 7) is 4.52. The lowest BCUT2D eigenvalue weighted by atomic mass is 10.0. The van der Waals surface area contributed by atoms with E-state index in [-0.39, 0.29) is 0 Å². The Bertz CT molecular complexity index is 1500. The first-order valence-corrected chi connectivity index (χ1v) is 15.9. The van der Waals surface area contributed by atoms with Gasteiger partial charge in [-0.05, 0) is 95.1 Å². The molecule has 0 radical (unpaired) electrons. The molecule has 0 saturated heterocycles. The van der Waals surface area contributed by atoms with Crippen molar-refractivity contribution in [1.29, 1.82) is 0 Å². The van der Waals surface area contributed by atoms with E-state index >= 15 is 0 Å². The Kier molecular flexibility index (Phi) is 10.7. The van der Waals surface area contributed by atoms with Crippen LogP contribution in [0.25, 0.3) is 45.8 Å². The molecule has 0 atom stereocenters. The average molecular weight is 553 g/mol. The number of unbranched alkanes of at least 4 members (excludes halogenated alkanes) is 6. The average Bonchev–Trinajstić information content (AvgIpc) is 3.03. The van der Waals surface area contributed by atoms with Crippen LogP contribution in [0, 0.1) is 0 Å². The van der Waals surface area contributed by atoms with Crippen molar-refractivity contribution >= 4 is 45.8 Å². The van der Waals surface area contributed by atoms with Gasteiger partial charge in [-0.1, -0.05) is 113 Å². The lowest BCUT2D eigenvalue weighted by molar-refractivity contribution is 0.667. The Morgan fingerprint density at radius 1 is 0.452 bits per heavy atom. The van der Waals surface area contributed by atoms with Crippen LogP contribution in [-0.2, 0) is 12.8 Å². The third-order valence-corrected chi connectivity index (χ3v) is 8.09. The molecule has 0 fully saturated rings. The molecule has 5 aromatic rings. The molecule has 2 aromatic heterocycles. The van der Waals surface area contributed by atoms with Gasteiger partial charge in [0.15, 0.2) is 0 Å². The molecular weight excluding hydrogens is 508 g/mol. The first-order valence-electron chi connectivity index (χ1n) is 15.9. The minimum absolute atomic E-state index is 0.963. The Balaban J connectivity index is 1.22. The molecule has 0 aliphatic carbocycles. The molecule has 0 bridgehead atoms. The van der Waals surface area contributed by atoms with Gasteiger partial charge >= 0.3 is 0 Å². The highest BCUT2D eigenvalue weighted by Crippen LogP contribution is 2.24. The Morgan fingerprint density at radius 3 is 1.29 bits per heavy atom. The predicted octanol–water partition coefficient (Wildman–Crippen LogP) is 11.4. The molecule has 0 unspecified atom stereocenters. The van der Waals surface area contributed by atoms with E-state index < -0.39 is 0 Å². The number of hydrogen-bond acceptors (Lipinski definition) is 2. The monoisotopic (exact) mass is 552 g/mol. The van der Waals surface area contributed by atoms with Crippen molar-refractivity contribution in [2.45, 2.75) is 78.1 Å². The van der Waals surface area contributed by atoms with E-state index in [1.54, 1.807) is 0 Å². The number of aromatic nitrogens is 2. The maximum absolute atomic E-state index is 4.72. The van der Waals surface area contributed by atoms with Crippen molar-refractivity contribution in [3.8, 4) is 0 Å². The lowest BCUT2D eigenvalue weighted by Crippen LogP contribution is -1.87. The van der Waals surface area contributed by atoms with Gasteiger partial charge in [0.2, 0.25) is 0 Å². The number of benzene rings is 3. The highest BCUT2D eigenvalue weighted by Gasteiger charge is 2.03. The van der Waals surface area contributed by atoms with E-state index in [2.05, 4.69) is 111 Å². The van der Waals surface area contributed by atoms with Crippen molar-refractivity contribution in [2.24, 2.45) is 0 Å². The van der Waals surface area contributed by atoms with Gasteiger partial charge in [0, 0.05) is 23.2 Å². The molecule has 214 valence electrons. The van der Waals surface area contributed by atoms with Crippen molar-refractivity contribution in [3.05, 3.63) is 119 Å². The smallest absolute Gasteiger partial charge is 0.0636 e. The molecule has 0 saturated carbocycles. The molecule has 2 heteroatoms. The molecule has 42 heavy (non-hydrogen) atoms. The van der Waals surface area contributed by atoms with E-state index in [1.807, 2.05) is 12.4 Å². The van der Waals surface area contributed by atoms with Crippen LogP contribution in [0.3, 0.4) is 0 Å². The van der Waals surface area contributed by atoms with Crippen molar-refractivity contribution in [2.75, 3.05) is 0 Å². The van der Waals surface area contributed by atoms with Gasteiger partial charge in [-0.25, -0.2) is 0 Å². The zero-order chi connectivity index (χ0) is 29.0. The van der Waals surface area contributed by atoms with Gasteiger partial charge in [-0.2, -0.15) is 0 Å². The molecule has 2 heterocycles. The number of nitrogens with zero attached hydrogens (tertiary/aromatic N) is 2. The van der Waals surface area contributed by atoms with Crippen LogP contribution in [0.4, 0.5) is 0 Å². The molecular formula is C40H44N2. The van der Waals surface area contributed by atoms with Crippen LogP contribution in [0.2, 0.25) is 0 Å². The van der Waals surface area contributed by atoms with Crippen LogP contribution in [0.5, 0.6) is 0 Å². The Labute approximate surface area is 252 Å². The zero-order valence-electron chi connectivity index (χ0n) is 25.4. The SMILES string of the molecule is CCCCCCc1ccc(C=Cc2cc3cc4cnc(C=Cc5ccc(CCCCCC)cc5)cc4cc3cn2)cc1. The molecule has 0 aliphatic rings. The highest BCUT2D eigenvalue weighted by atomic mass is 14.7. The molecule has 5 rings (SSSR count). The number of hydrogen-bond donors (Lipinski definition) is 0. The van der Waals surface area contributed by atoms with E-state index in [9.17, 15) is 0 Å². The van der Waals surface area contributed by atoms with Crippen molar-refractivity contribution < 1.29 is 0 Å². The maximum Gasteiger partial charge on any atom is 0.0636 e. The summed E-state index contributed by atoms with van der Waals surface area (Å²) in [4.78, 5) is 9.44. The molecule has 0 aliphatic heterocycles. The third-order valence-electron chi connectivity index (χ3n) is 8.09. The Morgan fingerprint density at radius 2 is 0.881 bits per heavy atom. The fourth-order valence-electron chi connectivity index (χ4n) is 5.47. The standard InChI is InChI=1S/C40H44N2/c1-3-5-7-9-11-31-13-17-33(18-14-31)21-23-39-27-35-25-38-30-42-40(28-36(38)26-37(35)29-41-39)24-22-34-19-15-32(16-20-34)12-10-8-6-4-2/h13-30H,3-12H2,1-2H3. The first-order chi connectivity index (χ1) is 20.7. The fourth-order valence-corrected chi connectivity index (χ4v) is 5.47. The second-order valence-corrected chi connectivity index (χ2v) is 11.5. The minimum atomic E-state index is 0.963. The van der Waals surface area contributed by atoms with Crippen molar-refractivity contribution in [1.82, 2.24) is 9.97 Å². The zero-order valence-corrected chi connectivity index (χ0v) is 25.4. The van der Waals surface area contributed by atoms with Gasteiger partial charge in [0.05, 0.1) is 11.4 Å².